The van der Waals surface area contributed by atoms with Gasteiger partial charge in [-0.2, -0.15) is 0 Å². The predicted molar refractivity (Wildman–Crippen MR) is 66.1 cm³/mol. The molecule has 1 heterocycles. The number of aromatic nitrogens is 1. The zero-order chi connectivity index (χ0) is 14.0. The van der Waals surface area contributed by atoms with Crippen LogP contribution in [0.4, 0.5) is 8.78 Å². The first kappa shape index (κ1) is 13.1. The van der Waals surface area contributed by atoms with E-state index in [1.165, 1.54) is 26.2 Å². The van der Waals surface area contributed by atoms with Crippen molar-refractivity contribution in [1.82, 2.24) is 4.98 Å². The molecule has 0 aliphatic rings. The number of ketones is 1. The van der Waals surface area contributed by atoms with Crippen LogP contribution >= 0.6 is 0 Å². The topological polar surface area (TPSA) is 39.2 Å². The predicted octanol–water partition coefficient (Wildman–Crippen LogP) is 3.24. The normalized spacial score (nSPS) is 10.3. The molecule has 2 aromatic rings. The van der Waals surface area contributed by atoms with E-state index in [1.807, 2.05) is 0 Å². The molecule has 0 unspecified atom stereocenters. The maximum atomic E-state index is 13.7. The van der Waals surface area contributed by atoms with Gasteiger partial charge in [-0.15, -0.1) is 0 Å². The van der Waals surface area contributed by atoms with Crippen LogP contribution in [0.15, 0.2) is 30.5 Å². The number of hydrogen-bond acceptors (Lipinski definition) is 3. The first-order valence-corrected chi connectivity index (χ1v) is 5.52. The number of halogens is 2. The minimum Gasteiger partial charge on any atom is -0.481 e. The molecule has 98 valence electrons. The lowest BCUT2D eigenvalue weighted by atomic mass is 10.0. The summed E-state index contributed by atoms with van der Waals surface area (Å²) in [5.41, 5.74) is 0.586. The van der Waals surface area contributed by atoms with Crippen LogP contribution in [0.25, 0.3) is 11.1 Å². The Morgan fingerprint density at radius 1 is 1.21 bits per heavy atom. The number of benzene rings is 1. The molecule has 0 bridgehead atoms. The van der Waals surface area contributed by atoms with Crippen LogP contribution in [-0.4, -0.2) is 17.9 Å². The average molecular weight is 263 g/mol. The Balaban J connectivity index is 2.61. The molecule has 0 aliphatic carbocycles. The van der Waals surface area contributed by atoms with Gasteiger partial charge in [0.2, 0.25) is 5.88 Å². The van der Waals surface area contributed by atoms with Crippen LogP contribution in [0.5, 0.6) is 5.88 Å². The highest BCUT2D eigenvalue weighted by Gasteiger charge is 2.11. The van der Waals surface area contributed by atoms with E-state index in [-0.39, 0.29) is 28.4 Å². The van der Waals surface area contributed by atoms with Crippen molar-refractivity contribution in [2.45, 2.75) is 6.92 Å². The third-order valence-corrected chi connectivity index (χ3v) is 2.65. The Morgan fingerprint density at radius 3 is 2.58 bits per heavy atom. The Hall–Kier alpha value is -2.30. The number of rotatable bonds is 3. The molecule has 3 nitrogen and oxygen atoms in total. The standard InChI is InChI=1S/C14H11F2NO2/c1-8(18)9-3-10(5-11(15)4-9)12-6-14(19-2)17-7-13(12)16/h3-7H,1-2H3. The third kappa shape index (κ3) is 2.76. The van der Waals surface area contributed by atoms with Crippen LogP contribution in [0.3, 0.4) is 0 Å². The zero-order valence-electron chi connectivity index (χ0n) is 10.4. The summed E-state index contributed by atoms with van der Waals surface area (Å²) >= 11 is 0. The van der Waals surface area contributed by atoms with Crippen molar-refractivity contribution in [3.05, 3.63) is 47.7 Å². The molecular formula is C14H11F2NO2. The molecular weight excluding hydrogens is 252 g/mol. The second-order valence-corrected chi connectivity index (χ2v) is 3.99. The maximum Gasteiger partial charge on any atom is 0.213 e. The van der Waals surface area contributed by atoms with Gasteiger partial charge >= 0.3 is 0 Å². The molecule has 0 atom stereocenters. The van der Waals surface area contributed by atoms with Gasteiger partial charge in [0.25, 0.3) is 0 Å². The highest BCUT2D eigenvalue weighted by molar-refractivity contribution is 5.95. The number of hydrogen-bond donors (Lipinski definition) is 0. The SMILES string of the molecule is COc1cc(-c2cc(F)cc(C(C)=O)c2)c(F)cn1. The lowest BCUT2D eigenvalue weighted by Crippen LogP contribution is -1.96. The molecule has 0 N–H and O–H groups in total. The number of nitrogens with zero attached hydrogens (tertiary/aromatic N) is 1. The summed E-state index contributed by atoms with van der Waals surface area (Å²) in [5, 5.41) is 0. The Morgan fingerprint density at radius 2 is 1.95 bits per heavy atom. The lowest BCUT2D eigenvalue weighted by Gasteiger charge is -2.07. The maximum absolute atomic E-state index is 13.7. The van der Waals surface area contributed by atoms with Crippen LogP contribution in [-0.2, 0) is 0 Å². The largest absolute Gasteiger partial charge is 0.481 e. The highest BCUT2D eigenvalue weighted by atomic mass is 19.1. The summed E-state index contributed by atoms with van der Waals surface area (Å²) in [5.74, 6) is -1.29. The molecule has 0 saturated carbocycles. The van der Waals surface area contributed by atoms with Crippen molar-refractivity contribution in [2.24, 2.45) is 0 Å². The molecule has 0 fully saturated rings. The van der Waals surface area contributed by atoms with Crippen LogP contribution in [0, 0.1) is 11.6 Å². The fourth-order valence-corrected chi connectivity index (χ4v) is 1.70. The lowest BCUT2D eigenvalue weighted by molar-refractivity contribution is 0.101. The van der Waals surface area contributed by atoms with E-state index >= 15 is 0 Å². The Labute approximate surface area is 108 Å². The number of ether oxygens (including phenoxy) is 1. The summed E-state index contributed by atoms with van der Waals surface area (Å²) in [6, 6.07) is 5.06. The van der Waals surface area contributed by atoms with Gasteiger partial charge in [0.15, 0.2) is 5.78 Å². The van der Waals surface area contributed by atoms with Gasteiger partial charge in [-0.1, -0.05) is 0 Å². The molecule has 1 aromatic carbocycles. The number of methoxy groups -OCH3 is 1. The van der Waals surface area contributed by atoms with E-state index in [9.17, 15) is 13.6 Å². The van der Waals surface area contributed by atoms with Crippen LogP contribution in [0.1, 0.15) is 17.3 Å². The number of Topliss-reactive ketones (excluding diaryl/α,β-unsaturated/α-hetero) is 1. The van der Waals surface area contributed by atoms with Gasteiger partial charge in [0, 0.05) is 17.2 Å². The fourth-order valence-electron chi connectivity index (χ4n) is 1.70. The van der Waals surface area contributed by atoms with Gasteiger partial charge in [0.1, 0.15) is 11.6 Å². The molecule has 0 saturated heterocycles. The van der Waals surface area contributed by atoms with E-state index in [0.29, 0.717) is 0 Å². The van der Waals surface area contributed by atoms with Crippen molar-refractivity contribution in [3.63, 3.8) is 0 Å². The minimum absolute atomic E-state index is 0.133. The molecule has 2 rings (SSSR count). The van der Waals surface area contributed by atoms with Crippen molar-refractivity contribution in [1.29, 1.82) is 0 Å². The first-order chi connectivity index (χ1) is 9.01. The van der Waals surface area contributed by atoms with E-state index < -0.39 is 11.6 Å². The number of carbonyl (C=O) groups is 1. The van der Waals surface area contributed by atoms with E-state index in [1.54, 1.807) is 0 Å². The molecule has 0 radical (unpaired) electrons. The summed E-state index contributed by atoms with van der Waals surface area (Å²) < 4.78 is 32.1. The summed E-state index contributed by atoms with van der Waals surface area (Å²) in [6.45, 7) is 1.32. The molecule has 0 amide bonds. The van der Waals surface area contributed by atoms with E-state index in [4.69, 9.17) is 4.74 Å². The Kier molecular flexibility index (Phi) is 3.55. The van der Waals surface area contributed by atoms with Gasteiger partial charge in [-0.05, 0) is 30.7 Å². The summed E-state index contributed by atoms with van der Waals surface area (Å²) in [4.78, 5) is 15.0. The molecule has 0 spiro atoms. The quantitative estimate of drug-likeness (QED) is 0.798. The Bertz CT molecular complexity index is 641. The van der Waals surface area contributed by atoms with Crippen molar-refractivity contribution in [2.75, 3.05) is 7.11 Å². The second-order valence-electron chi connectivity index (χ2n) is 3.99. The third-order valence-electron chi connectivity index (χ3n) is 2.65. The van der Waals surface area contributed by atoms with Gasteiger partial charge < -0.3 is 4.74 Å². The van der Waals surface area contributed by atoms with Crippen molar-refractivity contribution < 1.29 is 18.3 Å². The van der Waals surface area contributed by atoms with Crippen LogP contribution in [0.2, 0.25) is 0 Å². The zero-order valence-corrected chi connectivity index (χ0v) is 10.4. The highest BCUT2D eigenvalue weighted by Crippen LogP contribution is 2.27. The minimum atomic E-state index is -0.610. The fraction of sp³-hybridized carbons (Fsp3) is 0.143. The number of carbonyl (C=O) groups excluding carboxylic acids is 1. The molecule has 0 aliphatic heterocycles. The monoisotopic (exact) mass is 263 g/mol. The van der Waals surface area contributed by atoms with Gasteiger partial charge in [-0.3, -0.25) is 4.79 Å². The molecule has 19 heavy (non-hydrogen) atoms. The smallest absolute Gasteiger partial charge is 0.213 e. The van der Waals surface area contributed by atoms with Crippen molar-refractivity contribution in [3.8, 4) is 17.0 Å². The molecule has 5 heteroatoms. The van der Waals surface area contributed by atoms with Gasteiger partial charge in [-0.25, -0.2) is 13.8 Å². The first-order valence-electron chi connectivity index (χ1n) is 5.52. The van der Waals surface area contributed by atoms with Gasteiger partial charge in [0.05, 0.1) is 13.3 Å². The average Bonchev–Trinajstić information content (AvgIpc) is 2.38. The van der Waals surface area contributed by atoms with Crippen molar-refractivity contribution >= 4 is 5.78 Å². The summed E-state index contributed by atoms with van der Waals surface area (Å²) in [6.07, 6.45) is 0.993. The summed E-state index contributed by atoms with van der Waals surface area (Å²) in [7, 11) is 1.40. The van der Waals surface area contributed by atoms with E-state index in [0.717, 1.165) is 18.3 Å². The van der Waals surface area contributed by atoms with Crippen LogP contribution < -0.4 is 4.74 Å². The molecule has 1 aromatic heterocycles. The number of pyridine rings is 1. The second kappa shape index (κ2) is 5.14. The van der Waals surface area contributed by atoms with E-state index in [2.05, 4.69) is 4.98 Å².